The van der Waals surface area contributed by atoms with E-state index in [2.05, 4.69) is 40.3 Å². The zero-order valence-electron chi connectivity index (χ0n) is 12.1. The highest BCUT2D eigenvalue weighted by molar-refractivity contribution is 5.89. The fourth-order valence-electron chi connectivity index (χ4n) is 2.87. The molecule has 3 rings (SSSR count). The number of carbonyl (C=O) groups is 2. The Bertz CT molecular complexity index is 690. The van der Waals surface area contributed by atoms with Gasteiger partial charge in [-0.1, -0.05) is 18.2 Å². The van der Waals surface area contributed by atoms with E-state index < -0.39 is 0 Å². The predicted octanol–water partition coefficient (Wildman–Crippen LogP) is 1.20. The van der Waals surface area contributed by atoms with Crippen molar-refractivity contribution in [1.29, 1.82) is 0 Å². The van der Waals surface area contributed by atoms with Crippen molar-refractivity contribution in [2.24, 2.45) is 5.92 Å². The number of nitrogens with zero attached hydrogens (tertiary/aromatic N) is 1. The Kier molecular flexibility index (Phi) is 3.64. The summed E-state index contributed by atoms with van der Waals surface area (Å²) in [7, 11) is 0. The molecule has 0 saturated carbocycles. The number of aryl methyl sites for hydroxylation is 1. The van der Waals surface area contributed by atoms with Crippen molar-refractivity contribution in [1.82, 2.24) is 15.2 Å². The summed E-state index contributed by atoms with van der Waals surface area (Å²) in [4.78, 5) is 23.1. The van der Waals surface area contributed by atoms with Crippen molar-refractivity contribution in [2.75, 3.05) is 13.1 Å². The smallest absolute Gasteiger partial charge is 0.225 e. The molecule has 1 aliphatic heterocycles. The number of amides is 2. The fourth-order valence-corrected chi connectivity index (χ4v) is 2.87. The van der Waals surface area contributed by atoms with Gasteiger partial charge in [0.25, 0.3) is 0 Å². The summed E-state index contributed by atoms with van der Waals surface area (Å²) >= 11 is 0. The molecule has 0 aliphatic carbocycles. The average molecular weight is 285 g/mol. The molecule has 5 nitrogen and oxygen atoms in total. The van der Waals surface area contributed by atoms with Crippen molar-refractivity contribution in [3.63, 3.8) is 0 Å². The van der Waals surface area contributed by atoms with Crippen LogP contribution in [0.25, 0.3) is 10.9 Å². The van der Waals surface area contributed by atoms with E-state index in [4.69, 9.17) is 0 Å². The van der Waals surface area contributed by atoms with Crippen LogP contribution in [-0.4, -0.2) is 29.5 Å². The van der Waals surface area contributed by atoms with E-state index in [0.29, 0.717) is 19.5 Å². The van der Waals surface area contributed by atoms with Gasteiger partial charge in [0.1, 0.15) is 0 Å². The Hall–Kier alpha value is -2.30. The van der Waals surface area contributed by atoms with Gasteiger partial charge in [-0.15, -0.1) is 0 Å². The van der Waals surface area contributed by atoms with E-state index in [1.54, 1.807) is 0 Å². The van der Waals surface area contributed by atoms with Gasteiger partial charge < -0.3 is 15.2 Å². The molecule has 1 aromatic heterocycles. The molecule has 5 heteroatoms. The van der Waals surface area contributed by atoms with Crippen molar-refractivity contribution in [3.8, 4) is 0 Å². The molecule has 1 aromatic carbocycles. The summed E-state index contributed by atoms with van der Waals surface area (Å²) in [6.07, 6.45) is 0.303. The quantitative estimate of drug-likeness (QED) is 0.886. The van der Waals surface area contributed by atoms with Gasteiger partial charge in [-0.3, -0.25) is 9.59 Å². The Balaban J connectivity index is 1.61. The number of fused-ring (bicyclic) bond motifs is 1. The molecule has 21 heavy (non-hydrogen) atoms. The van der Waals surface area contributed by atoms with Crippen LogP contribution in [-0.2, 0) is 16.1 Å². The molecule has 2 aromatic rings. The highest BCUT2D eigenvalue weighted by atomic mass is 16.2. The van der Waals surface area contributed by atoms with Crippen molar-refractivity contribution >= 4 is 22.7 Å². The molecular formula is C16H19N3O2. The van der Waals surface area contributed by atoms with Crippen LogP contribution in [0.2, 0.25) is 0 Å². The van der Waals surface area contributed by atoms with Gasteiger partial charge in [-0.05, 0) is 24.4 Å². The van der Waals surface area contributed by atoms with E-state index in [9.17, 15) is 9.59 Å². The first kappa shape index (κ1) is 13.7. The van der Waals surface area contributed by atoms with Gasteiger partial charge in [0.2, 0.25) is 11.8 Å². The maximum atomic E-state index is 12.0. The first-order valence-electron chi connectivity index (χ1n) is 7.24. The lowest BCUT2D eigenvalue weighted by Crippen LogP contribution is -2.34. The number of benzene rings is 1. The van der Waals surface area contributed by atoms with Crippen LogP contribution >= 0.6 is 0 Å². The van der Waals surface area contributed by atoms with Gasteiger partial charge in [0, 0.05) is 37.3 Å². The average Bonchev–Trinajstić information content (AvgIpc) is 3.03. The lowest BCUT2D eigenvalue weighted by atomic mass is 10.1. The van der Waals surface area contributed by atoms with Crippen LogP contribution < -0.4 is 10.6 Å². The molecule has 1 fully saturated rings. The molecule has 1 aliphatic rings. The predicted molar refractivity (Wildman–Crippen MR) is 80.8 cm³/mol. The zero-order valence-corrected chi connectivity index (χ0v) is 12.1. The van der Waals surface area contributed by atoms with Gasteiger partial charge >= 0.3 is 0 Å². The third-order valence-electron chi connectivity index (χ3n) is 4.00. The van der Waals surface area contributed by atoms with E-state index >= 15 is 0 Å². The number of nitrogens with one attached hydrogen (secondary N) is 2. The molecule has 2 amide bonds. The van der Waals surface area contributed by atoms with Gasteiger partial charge in [0.05, 0.1) is 5.92 Å². The topological polar surface area (TPSA) is 63.1 Å². The summed E-state index contributed by atoms with van der Waals surface area (Å²) in [5, 5.41) is 6.82. The van der Waals surface area contributed by atoms with Crippen LogP contribution in [0.1, 0.15) is 12.1 Å². The fraction of sp³-hybridized carbons (Fsp3) is 0.375. The van der Waals surface area contributed by atoms with Gasteiger partial charge in [0.15, 0.2) is 0 Å². The van der Waals surface area contributed by atoms with E-state index in [1.165, 1.54) is 16.6 Å². The molecule has 0 bridgehead atoms. The van der Waals surface area contributed by atoms with Crippen LogP contribution in [0.3, 0.4) is 0 Å². The van der Waals surface area contributed by atoms with Crippen molar-refractivity contribution < 1.29 is 9.59 Å². The third-order valence-corrected chi connectivity index (χ3v) is 4.00. The highest BCUT2D eigenvalue weighted by Crippen LogP contribution is 2.18. The van der Waals surface area contributed by atoms with Crippen LogP contribution in [0.5, 0.6) is 0 Å². The normalized spacial score (nSPS) is 18.0. The first-order valence-corrected chi connectivity index (χ1v) is 7.24. The molecule has 2 N–H and O–H groups in total. The molecular weight excluding hydrogens is 266 g/mol. The maximum Gasteiger partial charge on any atom is 0.225 e. The zero-order chi connectivity index (χ0) is 14.8. The minimum atomic E-state index is -0.222. The van der Waals surface area contributed by atoms with Crippen molar-refractivity contribution in [3.05, 3.63) is 36.0 Å². The number of hydrogen-bond donors (Lipinski definition) is 2. The highest BCUT2D eigenvalue weighted by Gasteiger charge is 2.27. The first-order chi connectivity index (χ1) is 10.1. The van der Waals surface area contributed by atoms with E-state index in [-0.39, 0.29) is 17.7 Å². The van der Waals surface area contributed by atoms with Crippen molar-refractivity contribution in [2.45, 2.75) is 19.9 Å². The molecule has 0 spiro atoms. The second-order valence-electron chi connectivity index (χ2n) is 5.49. The van der Waals surface area contributed by atoms with Gasteiger partial charge in [-0.25, -0.2) is 0 Å². The second-order valence-corrected chi connectivity index (χ2v) is 5.49. The monoisotopic (exact) mass is 285 g/mol. The Labute approximate surface area is 123 Å². The molecule has 0 radical (unpaired) electrons. The molecule has 1 atom stereocenters. The lowest BCUT2D eigenvalue weighted by molar-refractivity contribution is -0.126. The number of hydrogen-bond acceptors (Lipinski definition) is 2. The second kappa shape index (κ2) is 5.60. The lowest BCUT2D eigenvalue weighted by Gasteiger charge is -2.12. The molecule has 110 valence electrons. The molecule has 2 heterocycles. The summed E-state index contributed by atoms with van der Waals surface area (Å²) in [5.74, 6) is -0.301. The number of aromatic nitrogens is 1. The molecule has 1 saturated heterocycles. The maximum absolute atomic E-state index is 12.0. The summed E-state index contributed by atoms with van der Waals surface area (Å²) in [6.45, 7) is 3.83. The SMILES string of the molecule is Cc1cc2ccccc2n1CCNC(=O)C1CNC(=O)C1. The summed E-state index contributed by atoms with van der Waals surface area (Å²) in [5.41, 5.74) is 2.37. The van der Waals surface area contributed by atoms with Crippen LogP contribution in [0.4, 0.5) is 0 Å². The Morgan fingerprint density at radius 3 is 3.00 bits per heavy atom. The number of rotatable bonds is 4. The number of para-hydroxylation sites is 1. The van der Waals surface area contributed by atoms with E-state index in [1.807, 2.05) is 12.1 Å². The van der Waals surface area contributed by atoms with Gasteiger partial charge in [-0.2, -0.15) is 0 Å². The van der Waals surface area contributed by atoms with E-state index in [0.717, 1.165) is 6.54 Å². The van der Waals surface area contributed by atoms with Crippen LogP contribution in [0.15, 0.2) is 30.3 Å². The molecule has 1 unspecified atom stereocenters. The largest absolute Gasteiger partial charge is 0.355 e. The Morgan fingerprint density at radius 2 is 2.24 bits per heavy atom. The summed E-state index contributed by atoms with van der Waals surface area (Å²) in [6, 6.07) is 10.4. The minimum Gasteiger partial charge on any atom is -0.355 e. The van der Waals surface area contributed by atoms with Crippen LogP contribution in [0, 0.1) is 12.8 Å². The Morgan fingerprint density at radius 1 is 1.43 bits per heavy atom. The standard InChI is InChI=1S/C16H19N3O2/c1-11-8-12-4-2-3-5-14(12)19(11)7-6-17-16(21)13-9-15(20)18-10-13/h2-5,8,13H,6-7,9-10H2,1H3,(H,17,21)(H,18,20). The minimum absolute atomic E-state index is 0.0394. The number of carbonyl (C=O) groups excluding carboxylic acids is 2. The summed E-state index contributed by atoms with van der Waals surface area (Å²) < 4.78 is 2.20. The third kappa shape index (κ3) is 2.77.